The molecule has 0 saturated heterocycles. The molecule has 0 saturated carbocycles. The Morgan fingerprint density at radius 3 is 1.46 bits per heavy atom. The van der Waals surface area contributed by atoms with Gasteiger partial charge in [0.2, 0.25) is 0 Å². The van der Waals surface area contributed by atoms with Gasteiger partial charge in [-0.1, -0.05) is 0 Å². The minimum atomic E-state index is -0.872. The molecule has 46 heavy (non-hydrogen) atoms. The number of carbonyl (C=O) groups is 2. The lowest BCUT2D eigenvalue weighted by atomic mass is 9.98. The smallest absolute Gasteiger partial charge is 0.303 e. The molecular formula is C36H42N4O4S2. The fourth-order valence-corrected chi connectivity index (χ4v) is 7.60. The summed E-state index contributed by atoms with van der Waals surface area (Å²) in [6.07, 6.45) is 4.85. The summed E-state index contributed by atoms with van der Waals surface area (Å²) < 4.78 is 0. The van der Waals surface area contributed by atoms with Crippen LogP contribution in [-0.2, 0) is 9.59 Å². The Balaban J connectivity index is 1.96. The van der Waals surface area contributed by atoms with Crippen LogP contribution in [0.1, 0.15) is 109 Å². The third-order valence-electron chi connectivity index (χ3n) is 9.33. The number of nitrogens with zero attached hydrogens (tertiary/aromatic N) is 2. The highest BCUT2D eigenvalue weighted by molar-refractivity contribution is 7.99. The summed E-state index contributed by atoms with van der Waals surface area (Å²) in [5.41, 5.74) is 15.3. The van der Waals surface area contributed by atoms with Gasteiger partial charge in [0.1, 0.15) is 0 Å². The van der Waals surface area contributed by atoms with Crippen molar-refractivity contribution in [2.45, 2.75) is 77.7 Å². The second-order valence-corrected chi connectivity index (χ2v) is 14.4. The normalized spacial score (nSPS) is 14.6. The van der Waals surface area contributed by atoms with Gasteiger partial charge in [-0.25, -0.2) is 9.97 Å². The lowest BCUT2D eigenvalue weighted by molar-refractivity contribution is -0.137. The second-order valence-electron chi connectivity index (χ2n) is 12.1. The standard InChI is InChI=1S/C36H42N4O4S2/c1-17-23(9-11-33(41)42)29-16-30-24(10-12-34(43)44)18(2)26(38-30)14-31-36(22(6)46-8)20(4)28(40-31)15-32-35(21(5)45-7)19(3)27(39-32)13-25(17)37-29/h13-16,21-22,39-40H,9-12H2,1-8H3,(H,41,42)(H,43,44). The van der Waals surface area contributed by atoms with Crippen molar-refractivity contribution in [3.8, 4) is 0 Å². The van der Waals surface area contributed by atoms with Crippen LogP contribution >= 0.6 is 23.5 Å². The van der Waals surface area contributed by atoms with E-state index in [0.717, 1.165) is 61.3 Å². The number of aliphatic carboxylic acids is 2. The Morgan fingerprint density at radius 1 is 0.652 bits per heavy atom. The average Bonchev–Trinajstić information content (AvgIpc) is 3.67. The molecule has 10 heteroatoms. The first-order chi connectivity index (χ1) is 21.8. The fourth-order valence-electron chi connectivity index (χ4n) is 6.52. The Morgan fingerprint density at radius 2 is 1.04 bits per heavy atom. The van der Waals surface area contributed by atoms with Crippen molar-refractivity contribution in [2.75, 3.05) is 12.5 Å². The van der Waals surface area contributed by atoms with Gasteiger partial charge in [0.25, 0.3) is 0 Å². The molecule has 5 rings (SSSR count). The zero-order valence-corrected chi connectivity index (χ0v) is 29.3. The van der Waals surface area contributed by atoms with Crippen LogP contribution < -0.4 is 0 Å². The third kappa shape index (κ3) is 6.42. The number of allylic oxidation sites excluding steroid dienone is 4. The van der Waals surface area contributed by atoms with Gasteiger partial charge >= 0.3 is 11.9 Å². The molecule has 2 aliphatic heterocycles. The number of rotatable bonds is 10. The number of fused-ring (bicyclic) bond motifs is 8. The van der Waals surface area contributed by atoms with Gasteiger partial charge in [0.15, 0.2) is 0 Å². The van der Waals surface area contributed by atoms with Crippen LogP contribution in [0.25, 0.3) is 44.4 Å². The van der Waals surface area contributed by atoms with E-state index in [4.69, 9.17) is 9.97 Å². The van der Waals surface area contributed by atoms with Gasteiger partial charge in [-0.2, -0.15) is 23.5 Å². The molecule has 3 aromatic heterocycles. The topological polar surface area (TPSA) is 132 Å². The molecule has 0 aliphatic carbocycles. The maximum atomic E-state index is 11.6. The monoisotopic (exact) mass is 658 g/mol. The minimum Gasteiger partial charge on any atom is -0.481 e. The third-order valence-corrected chi connectivity index (χ3v) is 11.2. The van der Waals surface area contributed by atoms with Crippen LogP contribution in [0.2, 0.25) is 0 Å². The largest absolute Gasteiger partial charge is 0.481 e. The minimum absolute atomic E-state index is 0.0219. The first-order valence-electron chi connectivity index (χ1n) is 15.5. The molecular weight excluding hydrogens is 617 g/mol. The molecule has 242 valence electrons. The highest BCUT2D eigenvalue weighted by Crippen LogP contribution is 2.40. The zero-order chi connectivity index (χ0) is 33.4. The van der Waals surface area contributed by atoms with E-state index in [1.807, 2.05) is 19.9 Å². The number of nitrogens with one attached hydrogen (secondary N) is 2. The summed E-state index contributed by atoms with van der Waals surface area (Å²) in [5, 5.41) is 19.6. The Kier molecular flexibility index (Phi) is 9.89. The molecule has 8 nitrogen and oxygen atoms in total. The number of aromatic amines is 2. The quantitative estimate of drug-likeness (QED) is 0.169. The summed E-state index contributed by atoms with van der Waals surface area (Å²) in [7, 11) is 0. The van der Waals surface area contributed by atoms with E-state index in [9.17, 15) is 19.8 Å². The van der Waals surface area contributed by atoms with Crippen molar-refractivity contribution in [3.05, 3.63) is 69.3 Å². The predicted molar refractivity (Wildman–Crippen MR) is 193 cm³/mol. The average molecular weight is 659 g/mol. The zero-order valence-electron chi connectivity index (χ0n) is 27.7. The van der Waals surface area contributed by atoms with Crippen LogP contribution in [0.3, 0.4) is 0 Å². The SMILES string of the molecule is CSC(C)c1c(C)c2cc3[nH]c(cc4nc(cc5nc(cc1[nH]2)C(C)=C5CCC(=O)O)C(CCC(=O)O)=C4C)c(C)c3C(C)SC. The van der Waals surface area contributed by atoms with Gasteiger partial charge in [-0.05, 0) is 136 Å². The summed E-state index contributed by atoms with van der Waals surface area (Å²) in [5.74, 6) is -1.74. The number of hydrogen-bond acceptors (Lipinski definition) is 6. The molecule has 8 bridgehead atoms. The number of hydrogen-bond donors (Lipinski definition) is 4. The van der Waals surface area contributed by atoms with Crippen LogP contribution in [0.5, 0.6) is 0 Å². The first-order valence-corrected chi connectivity index (χ1v) is 18.1. The maximum Gasteiger partial charge on any atom is 0.303 e. The summed E-state index contributed by atoms with van der Waals surface area (Å²) in [6, 6.07) is 8.27. The van der Waals surface area contributed by atoms with Crippen LogP contribution in [0.15, 0.2) is 24.3 Å². The highest BCUT2D eigenvalue weighted by Gasteiger charge is 2.24. The Hall–Kier alpha value is -3.76. The van der Waals surface area contributed by atoms with Gasteiger partial charge in [0.05, 0.1) is 22.8 Å². The van der Waals surface area contributed by atoms with Gasteiger partial charge < -0.3 is 20.2 Å². The predicted octanol–water partition coefficient (Wildman–Crippen LogP) is 9.37. The molecule has 5 heterocycles. The van der Waals surface area contributed by atoms with Crippen LogP contribution in [-0.4, -0.2) is 54.6 Å². The number of carboxylic acid groups (broad SMARTS) is 2. The molecule has 0 spiro atoms. The highest BCUT2D eigenvalue weighted by atomic mass is 32.2. The number of aryl methyl sites for hydroxylation is 2. The van der Waals surface area contributed by atoms with Gasteiger partial charge in [-0.15, -0.1) is 0 Å². The van der Waals surface area contributed by atoms with Crippen molar-refractivity contribution in [2.24, 2.45) is 0 Å². The molecule has 2 unspecified atom stereocenters. The molecule has 0 amide bonds. The van der Waals surface area contributed by atoms with Crippen molar-refractivity contribution in [1.82, 2.24) is 19.9 Å². The summed E-state index contributed by atoms with van der Waals surface area (Å²) in [4.78, 5) is 40.8. The van der Waals surface area contributed by atoms with Crippen molar-refractivity contribution in [1.29, 1.82) is 0 Å². The van der Waals surface area contributed by atoms with Crippen LogP contribution in [0.4, 0.5) is 0 Å². The van der Waals surface area contributed by atoms with E-state index < -0.39 is 11.9 Å². The first kappa shape index (κ1) is 33.6. The maximum absolute atomic E-state index is 11.6. The lowest BCUT2D eigenvalue weighted by Crippen LogP contribution is -1.97. The summed E-state index contributed by atoms with van der Waals surface area (Å²) >= 11 is 3.59. The lowest BCUT2D eigenvalue weighted by Gasteiger charge is -2.09. The van der Waals surface area contributed by atoms with E-state index in [2.05, 4.69) is 68.4 Å². The van der Waals surface area contributed by atoms with E-state index in [-0.39, 0.29) is 23.3 Å². The van der Waals surface area contributed by atoms with Crippen molar-refractivity contribution < 1.29 is 19.8 Å². The van der Waals surface area contributed by atoms with E-state index in [1.165, 1.54) is 16.7 Å². The molecule has 2 aliphatic rings. The van der Waals surface area contributed by atoms with Crippen LogP contribution in [0, 0.1) is 13.8 Å². The fraction of sp³-hybridized carbons (Fsp3) is 0.389. The van der Waals surface area contributed by atoms with Crippen molar-refractivity contribution in [3.63, 3.8) is 0 Å². The van der Waals surface area contributed by atoms with Crippen molar-refractivity contribution >= 4 is 79.8 Å². The van der Waals surface area contributed by atoms with E-state index in [0.29, 0.717) is 24.2 Å². The molecule has 2 atom stereocenters. The number of thioether (sulfide) groups is 2. The number of carboxylic acids is 2. The van der Waals surface area contributed by atoms with E-state index >= 15 is 0 Å². The summed E-state index contributed by atoms with van der Waals surface area (Å²) in [6.45, 7) is 12.7. The second kappa shape index (κ2) is 13.5. The molecule has 4 N–H and O–H groups in total. The molecule has 0 aromatic carbocycles. The Bertz CT molecular complexity index is 1970. The molecule has 0 radical (unpaired) electrons. The molecule has 3 aromatic rings. The Labute approximate surface area is 278 Å². The van der Waals surface area contributed by atoms with E-state index in [1.54, 1.807) is 23.5 Å². The number of aromatic nitrogens is 4. The number of H-pyrrole nitrogens is 2. The van der Waals surface area contributed by atoms with Gasteiger partial charge in [0, 0.05) is 45.4 Å². The van der Waals surface area contributed by atoms with Gasteiger partial charge in [-0.3, -0.25) is 9.59 Å². The molecule has 0 fully saturated rings.